The molecule has 0 spiro atoms. The molecule has 0 aliphatic carbocycles. The fraction of sp³-hybridized carbons (Fsp3) is 0.130. The smallest absolute Gasteiger partial charge is 0.281 e. The number of hydrazone groups is 1. The molecule has 2 heterocycles. The first kappa shape index (κ1) is 23.6. The Kier molecular flexibility index (Phi) is 6.30. The summed E-state index contributed by atoms with van der Waals surface area (Å²) < 4.78 is 7.95. The molecule has 0 aliphatic heterocycles. The van der Waals surface area contributed by atoms with E-state index in [9.17, 15) is 25.0 Å². The largest absolute Gasteiger partial charge is 0.495 e. The number of carbonyl (C=O) groups excluding carboxylic acids is 1. The third-order valence-electron chi connectivity index (χ3n) is 5.39. The first-order valence-corrected chi connectivity index (χ1v) is 11.0. The van der Waals surface area contributed by atoms with Crippen molar-refractivity contribution in [2.24, 2.45) is 5.10 Å². The van der Waals surface area contributed by atoms with Gasteiger partial charge >= 0.3 is 0 Å². The summed E-state index contributed by atoms with van der Waals surface area (Å²) in [7, 11) is 1.49. The molecule has 0 bridgehead atoms. The van der Waals surface area contributed by atoms with Crippen molar-refractivity contribution in [1.29, 1.82) is 0 Å². The molecular formula is C23H19N5O6S. The average molecular weight is 494 g/mol. The second kappa shape index (κ2) is 9.35. The first-order chi connectivity index (χ1) is 16.7. The fourth-order valence-corrected chi connectivity index (χ4v) is 4.66. The molecule has 11 nitrogen and oxygen atoms in total. The van der Waals surface area contributed by atoms with Crippen LogP contribution in [0.25, 0.3) is 15.8 Å². The van der Waals surface area contributed by atoms with Crippen LogP contribution in [-0.2, 0) is 0 Å². The Morgan fingerprint density at radius 2 is 1.74 bits per heavy atom. The molecule has 178 valence electrons. The Labute approximate surface area is 202 Å². The summed E-state index contributed by atoms with van der Waals surface area (Å²) in [4.78, 5) is 34.2. The van der Waals surface area contributed by atoms with Crippen LogP contribution in [0.2, 0.25) is 0 Å². The number of rotatable bonds is 7. The van der Waals surface area contributed by atoms with E-state index in [0.717, 1.165) is 16.1 Å². The third-order valence-corrected chi connectivity index (χ3v) is 6.50. The number of ether oxygens (including phenoxy) is 1. The maximum Gasteiger partial charge on any atom is 0.281 e. The monoisotopic (exact) mass is 493 g/mol. The lowest BCUT2D eigenvalue weighted by Crippen LogP contribution is -2.16. The Morgan fingerprint density at radius 1 is 1.06 bits per heavy atom. The van der Waals surface area contributed by atoms with Crippen LogP contribution in [0.1, 0.15) is 26.6 Å². The maximum atomic E-state index is 12.6. The summed E-state index contributed by atoms with van der Waals surface area (Å²) in [5, 5.41) is 26.9. The molecule has 35 heavy (non-hydrogen) atoms. The molecule has 0 fully saturated rings. The molecule has 12 heteroatoms. The Hall–Kier alpha value is -4.58. The molecule has 0 unspecified atom stereocenters. The van der Waals surface area contributed by atoms with E-state index in [1.165, 1.54) is 48.9 Å². The van der Waals surface area contributed by atoms with E-state index in [2.05, 4.69) is 10.5 Å². The molecule has 1 amide bonds. The number of benzene rings is 2. The van der Waals surface area contributed by atoms with E-state index < -0.39 is 15.8 Å². The molecule has 2 aromatic heterocycles. The van der Waals surface area contributed by atoms with Gasteiger partial charge in [0.2, 0.25) is 0 Å². The van der Waals surface area contributed by atoms with E-state index in [4.69, 9.17) is 4.74 Å². The SMILES string of the molecule is COc1ccc([N+](=O)[O-])cc1-n1c(C)cc(/C=N\NC(=O)c2cc3cc([N+](=O)[O-])ccc3s2)c1C. The van der Waals surface area contributed by atoms with Crippen molar-refractivity contribution >= 4 is 44.9 Å². The zero-order chi connectivity index (χ0) is 25.3. The molecule has 4 rings (SSSR count). The normalized spacial score (nSPS) is 11.2. The summed E-state index contributed by atoms with van der Waals surface area (Å²) in [6.07, 6.45) is 1.48. The van der Waals surface area contributed by atoms with Crippen molar-refractivity contribution in [3.8, 4) is 11.4 Å². The van der Waals surface area contributed by atoms with Gasteiger partial charge in [-0.15, -0.1) is 11.3 Å². The highest BCUT2D eigenvalue weighted by atomic mass is 32.1. The number of hydrogen-bond acceptors (Lipinski definition) is 8. The van der Waals surface area contributed by atoms with Gasteiger partial charge in [0.15, 0.2) is 0 Å². The van der Waals surface area contributed by atoms with Crippen molar-refractivity contribution in [1.82, 2.24) is 9.99 Å². The number of methoxy groups -OCH3 is 1. The molecule has 2 aromatic carbocycles. The number of hydrogen-bond donors (Lipinski definition) is 1. The van der Waals surface area contributed by atoms with E-state index in [0.29, 0.717) is 27.3 Å². The van der Waals surface area contributed by atoms with Gasteiger partial charge in [-0.2, -0.15) is 5.10 Å². The van der Waals surface area contributed by atoms with Crippen LogP contribution in [0.3, 0.4) is 0 Å². The molecule has 0 atom stereocenters. The minimum atomic E-state index is -0.485. The molecule has 0 aliphatic rings. The lowest BCUT2D eigenvalue weighted by molar-refractivity contribution is -0.385. The average Bonchev–Trinajstić information content (AvgIpc) is 3.38. The van der Waals surface area contributed by atoms with E-state index in [1.54, 1.807) is 18.2 Å². The van der Waals surface area contributed by atoms with Crippen LogP contribution >= 0.6 is 11.3 Å². The summed E-state index contributed by atoms with van der Waals surface area (Å²) in [5.74, 6) is 0.0263. The van der Waals surface area contributed by atoms with Crippen molar-refractivity contribution in [3.63, 3.8) is 0 Å². The molecule has 1 N–H and O–H groups in total. The van der Waals surface area contributed by atoms with Crippen molar-refractivity contribution in [2.75, 3.05) is 7.11 Å². The van der Waals surface area contributed by atoms with Crippen LogP contribution in [0.4, 0.5) is 11.4 Å². The molecule has 4 aromatic rings. The number of amides is 1. The second-order valence-corrected chi connectivity index (χ2v) is 8.65. The Bertz CT molecular complexity index is 1520. The van der Waals surface area contributed by atoms with Crippen LogP contribution in [0.5, 0.6) is 5.75 Å². The summed E-state index contributed by atoms with van der Waals surface area (Å²) >= 11 is 1.21. The number of thiophene rings is 1. The Morgan fingerprint density at radius 3 is 2.43 bits per heavy atom. The van der Waals surface area contributed by atoms with E-state index >= 15 is 0 Å². The van der Waals surface area contributed by atoms with Crippen LogP contribution in [-0.4, -0.2) is 33.6 Å². The van der Waals surface area contributed by atoms with E-state index in [1.807, 2.05) is 24.5 Å². The minimum absolute atomic E-state index is 0.0454. The number of carbonyl (C=O) groups is 1. The van der Waals surface area contributed by atoms with Crippen molar-refractivity contribution in [3.05, 3.63) is 90.6 Å². The topological polar surface area (TPSA) is 142 Å². The molecule has 0 saturated heterocycles. The predicted octanol–water partition coefficient (Wildman–Crippen LogP) is 4.90. The number of aryl methyl sites for hydroxylation is 1. The minimum Gasteiger partial charge on any atom is -0.495 e. The van der Waals surface area contributed by atoms with E-state index in [-0.39, 0.29) is 11.4 Å². The summed E-state index contributed by atoms with van der Waals surface area (Å²) in [6, 6.07) is 12.2. The van der Waals surface area contributed by atoms with Gasteiger partial charge in [0.1, 0.15) is 5.75 Å². The lowest BCUT2D eigenvalue weighted by Gasteiger charge is -2.13. The highest BCUT2D eigenvalue weighted by Gasteiger charge is 2.18. The zero-order valence-corrected chi connectivity index (χ0v) is 19.7. The number of aromatic nitrogens is 1. The van der Waals surface area contributed by atoms with Gasteiger partial charge in [-0.3, -0.25) is 25.0 Å². The predicted molar refractivity (Wildman–Crippen MR) is 132 cm³/mol. The summed E-state index contributed by atoms with van der Waals surface area (Å²) in [6.45, 7) is 3.67. The number of nitrogens with zero attached hydrogens (tertiary/aromatic N) is 4. The number of fused-ring (bicyclic) bond motifs is 1. The molecular weight excluding hydrogens is 474 g/mol. The van der Waals surface area contributed by atoms with Gasteiger partial charge in [0.25, 0.3) is 17.3 Å². The van der Waals surface area contributed by atoms with Crippen molar-refractivity contribution < 1.29 is 19.4 Å². The Balaban J connectivity index is 1.57. The quantitative estimate of drug-likeness (QED) is 0.220. The molecule has 0 saturated carbocycles. The van der Waals surface area contributed by atoms with Crippen molar-refractivity contribution in [2.45, 2.75) is 13.8 Å². The fourth-order valence-electron chi connectivity index (χ4n) is 3.73. The van der Waals surface area contributed by atoms with Gasteiger partial charge < -0.3 is 9.30 Å². The van der Waals surface area contributed by atoms with Gasteiger partial charge in [-0.1, -0.05) is 0 Å². The van der Waals surface area contributed by atoms with Gasteiger partial charge in [-0.05, 0) is 38.1 Å². The number of non-ortho nitro benzene ring substituents is 2. The maximum absolute atomic E-state index is 12.6. The number of nitro benzene ring substituents is 2. The number of nitro groups is 2. The summed E-state index contributed by atoms with van der Waals surface area (Å²) in [5.41, 5.74) is 5.11. The number of nitrogens with one attached hydrogen (secondary N) is 1. The molecule has 0 radical (unpaired) electrons. The standard InChI is InChI=1S/C23H19N5O6S/c1-13-8-16(14(2)26(13)19-11-18(28(32)33)4-6-20(19)34-3)12-24-25-23(29)22-10-15-9-17(27(30)31)5-7-21(15)35-22/h4-12H,1-3H3,(H,25,29)/b24-12-. The first-order valence-electron chi connectivity index (χ1n) is 10.2. The van der Waals surface area contributed by atoms with Gasteiger partial charge in [-0.25, -0.2) is 5.43 Å². The lowest BCUT2D eigenvalue weighted by atomic mass is 10.2. The van der Waals surface area contributed by atoms with Crippen LogP contribution < -0.4 is 10.2 Å². The van der Waals surface area contributed by atoms with Gasteiger partial charge in [0.05, 0.1) is 33.7 Å². The highest BCUT2D eigenvalue weighted by Crippen LogP contribution is 2.31. The van der Waals surface area contributed by atoms with Gasteiger partial charge in [0, 0.05) is 51.3 Å². The highest BCUT2D eigenvalue weighted by molar-refractivity contribution is 7.20. The third kappa shape index (κ3) is 4.59. The zero-order valence-electron chi connectivity index (χ0n) is 18.8. The van der Waals surface area contributed by atoms with Crippen LogP contribution in [0, 0.1) is 34.1 Å². The van der Waals surface area contributed by atoms with Crippen LogP contribution in [0.15, 0.2) is 53.6 Å². The second-order valence-electron chi connectivity index (χ2n) is 7.56.